The number of hydrogen-bond donors (Lipinski definition) is 1. The molecule has 2 fully saturated rings. The molecule has 2 rings (SSSR count). The van der Waals surface area contributed by atoms with Crippen LogP contribution in [0, 0.1) is 11.8 Å². The molecule has 1 aliphatic heterocycles. The summed E-state index contributed by atoms with van der Waals surface area (Å²) in [6.07, 6.45) is 4.39. The fourth-order valence-electron chi connectivity index (χ4n) is 3.98. The topological polar surface area (TPSA) is 58.8 Å². The number of piperazine rings is 1. The number of hydrogen-bond acceptors (Lipinski definition) is 4. The molecule has 2 aliphatic rings. The van der Waals surface area contributed by atoms with Gasteiger partial charge in [-0.1, -0.05) is 13.3 Å². The van der Waals surface area contributed by atoms with Crippen LogP contribution >= 0.6 is 24.8 Å². The van der Waals surface area contributed by atoms with Gasteiger partial charge in [0.05, 0.1) is 6.61 Å². The van der Waals surface area contributed by atoms with Crippen molar-refractivity contribution in [3.8, 4) is 0 Å². The lowest BCUT2D eigenvalue weighted by Crippen LogP contribution is -2.56. The molecule has 1 amide bonds. The first-order chi connectivity index (χ1) is 10.7. The zero-order chi connectivity index (χ0) is 15.9. The number of halogens is 2. The maximum atomic E-state index is 12.8. The standard InChI is InChI=1S/C17H33N3O2.2ClH/c1-3-15-13-20(9-8-19(15)10-11-22-4-2)17(21)16-7-5-6-14(16)12-18;;/h14-16H,3-13,18H2,1-2H3;2*1H/t14-,15?,16-;;/m1../s1. The van der Waals surface area contributed by atoms with Gasteiger partial charge in [-0.3, -0.25) is 9.69 Å². The minimum atomic E-state index is 0. The summed E-state index contributed by atoms with van der Waals surface area (Å²) in [7, 11) is 0. The Morgan fingerprint density at radius 2 is 1.96 bits per heavy atom. The minimum Gasteiger partial charge on any atom is -0.380 e. The lowest BCUT2D eigenvalue weighted by Gasteiger charge is -2.42. The Hall–Kier alpha value is -0.0700. The van der Waals surface area contributed by atoms with Gasteiger partial charge in [0.15, 0.2) is 0 Å². The summed E-state index contributed by atoms with van der Waals surface area (Å²) in [5.41, 5.74) is 5.84. The summed E-state index contributed by atoms with van der Waals surface area (Å²) in [5.74, 6) is 0.942. The fraction of sp³-hybridized carbons (Fsp3) is 0.941. The third-order valence-electron chi connectivity index (χ3n) is 5.39. The Bertz CT molecular complexity index is 361. The smallest absolute Gasteiger partial charge is 0.226 e. The fourth-order valence-corrected chi connectivity index (χ4v) is 3.98. The van der Waals surface area contributed by atoms with E-state index < -0.39 is 0 Å². The SMILES string of the molecule is CCOCCN1CCN(C(=O)[C@@H]2CCC[C@@H]2CN)CC1CC.Cl.Cl. The highest BCUT2D eigenvalue weighted by Gasteiger charge is 2.37. The highest BCUT2D eigenvalue weighted by molar-refractivity contribution is 5.85. The Morgan fingerprint density at radius 3 is 2.58 bits per heavy atom. The van der Waals surface area contributed by atoms with Gasteiger partial charge in [0, 0.05) is 44.7 Å². The summed E-state index contributed by atoms with van der Waals surface area (Å²) >= 11 is 0. The van der Waals surface area contributed by atoms with Gasteiger partial charge in [0.25, 0.3) is 0 Å². The van der Waals surface area contributed by atoms with Crippen molar-refractivity contribution in [3.05, 3.63) is 0 Å². The maximum absolute atomic E-state index is 12.8. The molecule has 0 aromatic carbocycles. The van der Waals surface area contributed by atoms with Gasteiger partial charge < -0.3 is 15.4 Å². The largest absolute Gasteiger partial charge is 0.380 e. The van der Waals surface area contributed by atoms with Gasteiger partial charge in [-0.05, 0) is 38.6 Å². The average molecular weight is 384 g/mol. The summed E-state index contributed by atoms with van der Waals surface area (Å²) < 4.78 is 5.48. The first-order valence-corrected chi connectivity index (χ1v) is 9.01. The van der Waals surface area contributed by atoms with Crippen LogP contribution in [0.4, 0.5) is 0 Å². The van der Waals surface area contributed by atoms with Crippen LogP contribution in [0.15, 0.2) is 0 Å². The highest BCUT2D eigenvalue weighted by Crippen LogP contribution is 2.33. The first kappa shape index (κ1) is 23.9. The van der Waals surface area contributed by atoms with Gasteiger partial charge in [0.1, 0.15) is 0 Å². The van der Waals surface area contributed by atoms with Crippen LogP contribution in [-0.2, 0) is 9.53 Å². The number of carbonyl (C=O) groups excluding carboxylic acids is 1. The molecule has 5 nitrogen and oxygen atoms in total. The minimum absolute atomic E-state index is 0. The molecular weight excluding hydrogens is 349 g/mol. The number of carbonyl (C=O) groups is 1. The Morgan fingerprint density at radius 1 is 1.21 bits per heavy atom. The lowest BCUT2D eigenvalue weighted by atomic mass is 9.94. The van der Waals surface area contributed by atoms with Crippen molar-refractivity contribution in [2.75, 3.05) is 45.9 Å². The molecule has 1 aliphatic carbocycles. The second kappa shape index (κ2) is 12.3. The molecule has 1 heterocycles. The van der Waals surface area contributed by atoms with Crippen LogP contribution in [0.25, 0.3) is 0 Å². The van der Waals surface area contributed by atoms with Crippen LogP contribution in [0.3, 0.4) is 0 Å². The molecule has 1 saturated heterocycles. The van der Waals surface area contributed by atoms with Crippen LogP contribution in [-0.4, -0.2) is 67.7 Å². The molecule has 1 unspecified atom stereocenters. The second-order valence-electron chi connectivity index (χ2n) is 6.61. The molecule has 0 bridgehead atoms. The molecule has 7 heteroatoms. The third-order valence-corrected chi connectivity index (χ3v) is 5.39. The van der Waals surface area contributed by atoms with Gasteiger partial charge >= 0.3 is 0 Å². The van der Waals surface area contributed by atoms with Gasteiger partial charge in [-0.15, -0.1) is 24.8 Å². The molecule has 3 atom stereocenters. The lowest BCUT2D eigenvalue weighted by molar-refractivity contribution is -0.139. The van der Waals surface area contributed by atoms with E-state index in [-0.39, 0.29) is 30.7 Å². The van der Waals surface area contributed by atoms with Crippen LogP contribution in [0.1, 0.15) is 39.5 Å². The normalized spacial score (nSPS) is 27.5. The van der Waals surface area contributed by atoms with Gasteiger partial charge in [0.2, 0.25) is 5.91 Å². The van der Waals surface area contributed by atoms with Crippen molar-refractivity contribution in [1.82, 2.24) is 9.80 Å². The van der Waals surface area contributed by atoms with Crippen molar-refractivity contribution in [3.63, 3.8) is 0 Å². The van der Waals surface area contributed by atoms with E-state index in [0.717, 1.165) is 65.1 Å². The van der Waals surface area contributed by atoms with E-state index in [4.69, 9.17) is 10.5 Å². The third kappa shape index (κ3) is 6.03. The van der Waals surface area contributed by atoms with Crippen molar-refractivity contribution < 1.29 is 9.53 Å². The van der Waals surface area contributed by atoms with E-state index in [0.29, 0.717) is 24.4 Å². The number of ether oxygens (including phenoxy) is 1. The zero-order valence-corrected chi connectivity index (χ0v) is 16.7. The van der Waals surface area contributed by atoms with Crippen molar-refractivity contribution in [2.45, 2.75) is 45.6 Å². The summed E-state index contributed by atoms with van der Waals surface area (Å²) in [5, 5.41) is 0. The Kier molecular flexibility index (Phi) is 12.3. The van der Waals surface area contributed by atoms with E-state index in [1.54, 1.807) is 0 Å². The monoisotopic (exact) mass is 383 g/mol. The Labute approximate surface area is 159 Å². The predicted molar refractivity (Wildman–Crippen MR) is 103 cm³/mol. The number of nitrogens with two attached hydrogens (primary N) is 1. The van der Waals surface area contributed by atoms with E-state index in [9.17, 15) is 4.79 Å². The van der Waals surface area contributed by atoms with Crippen LogP contribution < -0.4 is 5.73 Å². The number of amides is 1. The number of rotatable bonds is 7. The second-order valence-corrected chi connectivity index (χ2v) is 6.61. The molecule has 1 saturated carbocycles. The molecule has 0 aromatic rings. The first-order valence-electron chi connectivity index (χ1n) is 9.01. The van der Waals surface area contributed by atoms with E-state index in [2.05, 4.69) is 16.7 Å². The van der Waals surface area contributed by atoms with E-state index in [1.807, 2.05) is 6.92 Å². The van der Waals surface area contributed by atoms with Crippen molar-refractivity contribution >= 4 is 30.7 Å². The summed E-state index contributed by atoms with van der Waals surface area (Å²) in [6.45, 7) is 10.1. The molecule has 0 spiro atoms. The maximum Gasteiger partial charge on any atom is 0.226 e. The quantitative estimate of drug-likeness (QED) is 0.684. The Balaban J connectivity index is 0.00000264. The molecule has 24 heavy (non-hydrogen) atoms. The average Bonchev–Trinajstić information content (AvgIpc) is 3.03. The van der Waals surface area contributed by atoms with Crippen molar-refractivity contribution in [1.29, 1.82) is 0 Å². The van der Waals surface area contributed by atoms with Gasteiger partial charge in [-0.2, -0.15) is 0 Å². The highest BCUT2D eigenvalue weighted by atomic mass is 35.5. The molecule has 0 aromatic heterocycles. The van der Waals surface area contributed by atoms with E-state index >= 15 is 0 Å². The molecule has 144 valence electrons. The summed E-state index contributed by atoms with van der Waals surface area (Å²) in [6, 6.07) is 0.468. The van der Waals surface area contributed by atoms with Crippen LogP contribution in [0.5, 0.6) is 0 Å². The van der Waals surface area contributed by atoms with E-state index in [1.165, 1.54) is 0 Å². The summed E-state index contributed by atoms with van der Waals surface area (Å²) in [4.78, 5) is 17.4. The number of nitrogens with zero attached hydrogens (tertiary/aromatic N) is 2. The van der Waals surface area contributed by atoms with Crippen LogP contribution in [0.2, 0.25) is 0 Å². The molecular formula is C17H35Cl2N3O2. The zero-order valence-electron chi connectivity index (χ0n) is 15.1. The predicted octanol–water partition coefficient (Wildman–Crippen LogP) is 2.16. The molecule has 0 radical (unpaired) electrons. The van der Waals surface area contributed by atoms with Crippen molar-refractivity contribution in [2.24, 2.45) is 17.6 Å². The van der Waals surface area contributed by atoms with Gasteiger partial charge in [-0.25, -0.2) is 0 Å². The molecule has 2 N–H and O–H groups in total.